The summed E-state index contributed by atoms with van der Waals surface area (Å²) < 4.78 is 16.1. The molecule has 0 aromatic heterocycles. The molecule has 1 heterocycles. The summed E-state index contributed by atoms with van der Waals surface area (Å²) >= 11 is 0. The molecule has 1 saturated heterocycles. The van der Waals surface area contributed by atoms with Gasteiger partial charge in [-0.15, -0.1) is 0 Å². The Labute approximate surface area is 114 Å². The largest absolute Gasteiger partial charge is 0.445 e. The molecule has 2 rings (SSSR count). The van der Waals surface area contributed by atoms with Gasteiger partial charge in [-0.05, 0) is 5.56 Å². The van der Waals surface area contributed by atoms with Crippen LogP contribution in [0.1, 0.15) is 5.56 Å². The molecular weight excluding hydrogens is 287 g/mol. The van der Waals surface area contributed by atoms with Crippen LogP contribution in [0.5, 0.6) is 0 Å². The zero-order chi connectivity index (χ0) is 14.8. The topological polar surface area (TPSA) is 116 Å². The van der Waals surface area contributed by atoms with Gasteiger partial charge in [-0.1, -0.05) is 30.3 Å². The predicted octanol–water partition coefficient (Wildman–Crippen LogP) is 0.216. The Morgan fingerprint density at radius 3 is 2.60 bits per heavy atom. The minimum Gasteiger partial charge on any atom is -0.445 e. The lowest BCUT2D eigenvalue weighted by Gasteiger charge is -2.37. The predicted molar refractivity (Wildman–Crippen MR) is 67.3 cm³/mol. The van der Waals surface area contributed by atoms with E-state index in [2.05, 4.69) is 5.32 Å². The Morgan fingerprint density at radius 2 is 2.05 bits per heavy atom. The molecule has 20 heavy (non-hydrogen) atoms. The molecule has 3 N–H and O–H groups in total. The van der Waals surface area contributed by atoms with Crippen LogP contribution >= 0.6 is 7.75 Å². The van der Waals surface area contributed by atoms with Crippen LogP contribution in [-0.4, -0.2) is 39.0 Å². The van der Waals surface area contributed by atoms with E-state index in [9.17, 15) is 14.2 Å². The van der Waals surface area contributed by atoms with Gasteiger partial charge in [0.1, 0.15) is 12.6 Å². The number of carbonyl (C=O) groups excluding carboxylic acids is 2. The number of hydrogen-bond acceptors (Lipinski definition) is 4. The highest BCUT2D eigenvalue weighted by Gasteiger charge is 2.46. The monoisotopic (exact) mass is 300 g/mol. The second-order valence-electron chi connectivity index (χ2n) is 4.19. The van der Waals surface area contributed by atoms with Crippen molar-refractivity contribution in [1.82, 2.24) is 9.99 Å². The van der Waals surface area contributed by atoms with Gasteiger partial charge < -0.3 is 19.8 Å². The quantitative estimate of drug-likeness (QED) is 0.541. The summed E-state index contributed by atoms with van der Waals surface area (Å²) in [5.41, 5.74) is 0.791. The molecule has 1 unspecified atom stereocenters. The lowest BCUT2D eigenvalue weighted by molar-refractivity contribution is -0.137. The Morgan fingerprint density at radius 1 is 1.40 bits per heavy atom. The lowest BCUT2D eigenvalue weighted by Crippen LogP contribution is -2.62. The molecule has 0 aliphatic carbocycles. The number of rotatable bonds is 4. The zero-order valence-electron chi connectivity index (χ0n) is 10.3. The van der Waals surface area contributed by atoms with E-state index in [0.717, 1.165) is 5.56 Å². The fraction of sp³-hybridized carbons (Fsp3) is 0.273. The highest BCUT2D eigenvalue weighted by Crippen LogP contribution is 2.44. The summed E-state index contributed by atoms with van der Waals surface area (Å²) in [7, 11) is -4.58. The van der Waals surface area contributed by atoms with E-state index in [1.807, 2.05) is 6.07 Å². The van der Waals surface area contributed by atoms with Crippen LogP contribution in [0.3, 0.4) is 0 Å². The van der Waals surface area contributed by atoms with Gasteiger partial charge in [0.2, 0.25) is 0 Å². The van der Waals surface area contributed by atoms with Gasteiger partial charge in [0.15, 0.2) is 0 Å². The van der Waals surface area contributed by atoms with Crippen molar-refractivity contribution in [2.75, 3.05) is 6.54 Å². The van der Waals surface area contributed by atoms with Crippen LogP contribution in [0.2, 0.25) is 0 Å². The standard InChI is InChI=1S/C11H13N2O6P/c14-10-9(6-13(10)20(16,17)18)12-11(15)19-7-8-4-2-1-3-5-8/h1-5,9H,6-7H2,(H,12,15)(H2,16,17,18). The van der Waals surface area contributed by atoms with Crippen molar-refractivity contribution < 1.29 is 28.7 Å². The number of ether oxygens (including phenoxy) is 1. The summed E-state index contributed by atoms with van der Waals surface area (Å²) in [4.78, 5) is 40.4. The van der Waals surface area contributed by atoms with E-state index in [0.29, 0.717) is 4.67 Å². The Bertz CT molecular complexity index is 557. The maximum atomic E-state index is 11.4. The van der Waals surface area contributed by atoms with E-state index < -0.39 is 25.8 Å². The van der Waals surface area contributed by atoms with E-state index in [-0.39, 0.29) is 13.2 Å². The highest BCUT2D eigenvalue weighted by molar-refractivity contribution is 7.50. The van der Waals surface area contributed by atoms with Crippen molar-refractivity contribution in [3.05, 3.63) is 35.9 Å². The normalized spacial score (nSPS) is 18.4. The van der Waals surface area contributed by atoms with Crippen LogP contribution in [0.25, 0.3) is 0 Å². The fourth-order valence-electron chi connectivity index (χ4n) is 1.66. The maximum absolute atomic E-state index is 11.4. The smallest absolute Gasteiger partial charge is 0.432 e. The number of amides is 2. The molecule has 1 atom stereocenters. The molecule has 1 fully saturated rings. The van der Waals surface area contributed by atoms with Crippen molar-refractivity contribution in [2.45, 2.75) is 12.6 Å². The Balaban J connectivity index is 1.77. The zero-order valence-corrected chi connectivity index (χ0v) is 11.2. The van der Waals surface area contributed by atoms with Gasteiger partial charge in [-0.3, -0.25) is 4.79 Å². The van der Waals surface area contributed by atoms with Gasteiger partial charge in [0.05, 0.1) is 6.54 Å². The molecule has 8 nitrogen and oxygen atoms in total. The number of benzene rings is 1. The van der Waals surface area contributed by atoms with Crippen molar-refractivity contribution in [3.8, 4) is 0 Å². The van der Waals surface area contributed by atoms with E-state index in [1.54, 1.807) is 24.3 Å². The van der Waals surface area contributed by atoms with Crippen LogP contribution in [0.15, 0.2) is 30.3 Å². The summed E-state index contributed by atoms with van der Waals surface area (Å²) in [5, 5.41) is 2.24. The molecule has 0 spiro atoms. The molecule has 108 valence electrons. The molecule has 1 aliphatic heterocycles. The summed E-state index contributed by atoms with van der Waals surface area (Å²) in [6.45, 7) is -0.181. The number of alkyl carbamates (subject to hydrolysis) is 1. The minimum absolute atomic E-state index is 0.0514. The molecule has 1 aliphatic rings. The first-order chi connectivity index (χ1) is 9.38. The molecule has 0 bridgehead atoms. The molecule has 0 saturated carbocycles. The summed E-state index contributed by atoms with van der Waals surface area (Å²) in [6, 6.07) is 8.02. The SMILES string of the molecule is O=C(NC1CN(P(=O)(O)O)C1=O)OCc1ccccc1. The average Bonchev–Trinajstić information content (AvgIpc) is 2.40. The van der Waals surface area contributed by atoms with Crippen molar-refractivity contribution in [2.24, 2.45) is 0 Å². The van der Waals surface area contributed by atoms with Gasteiger partial charge >= 0.3 is 13.8 Å². The second kappa shape index (κ2) is 5.62. The molecule has 0 radical (unpaired) electrons. The highest BCUT2D eigenvalue weighted by atomic mass is 31.2. The number of carbonyl (C=O) groups is 2. The first-order valence-electron chi connectivity index (χ1n) is 5.72. The van der Waals surface area contributed by atoms with Crippen LogP contribution < -0.4 is 5.32 Å². The minimum atomic E-state index is -4.58. The summed E-state index contributed by atoms with van der Waals surface area (Å²) in [6.07, 6.45) is -0.808. The van der Waals surface area contributed by atoms with Crippen molar-refractivity contribution in [3.63, 3.8) is 0 Å². The van der Waals surface area contributed by atoms with E-state index >= 15 is 0 Å². The van der Waals surface area contributed by atoms with Gasteiger partial charge in [0.25, 0.3) is 5.91 Å². The first-order valence-corrected chi connectivity index (χ1v) is 7.29. The van der Waals surface area contributed by atoms with Gasteiger partial charge in [0, 0.05) is 0 Å². The van der Waals surface area contributed by atoms with Crippen molar-refractivity contribution in [1.29, 1.82) is 0 Å². The number of nitrogens with one attached hydrogen (secondary N) is 1. The third-order valence-corrected chi connectivity index (χ3v) is 3.72. The fourth-order valence-corrected chi connectivity index (χ4v) is 2.43. The number of nitrogens with zero attached hydrogens (tertiary/aromatic N) is 1. The van der Waals surface area contributed by atoms with Crippen molar-refractivity contribution >= 4 is 19.7 Å². The van der Waals surface area contributed by atoms with E-state index in [4.69, 9.17) is 14.5 Å². The molecule has 9 heteroatoms. The maximum Gasteiger partial charge on any atom is 0.432 e. The van der Waals surface area contributed by atoms with E-state index in [1.165, 1.54) is 0 Å². The molecule has 1 aromatic carbocycles. The molecule has 1 aromatic rings. The first kappa shape index (κ1) is 14.5. The molecular formula is C11H13N2O6P. The number of hydrogen-bond donors (Lipinski definition) is 3. The Hall–Kier alpha value is -1.89. The Kier molecular flexibility index (Phi) is 4.08. The van der Waals surface area contributed by atoms with Crippen LogP contribution in [0, 0.1) is 0 Å². The van der Waals surface area contributed by atoms with Gasteiger partial charge in [-0.2, -0.15) is 0 Å². The third kappa shape index (κ3) is 3.36. The average molecular weight is 300 g/mol. The van der Waals surface area contributed by atoms with Crippen LogP contribution in [-0.2, 0) is 20.7 Å². The number of β-lactam (4-membered cyclic amide) rings is 1. The lowest BCUT2D eigenvalue weighted by atomic mass is 10.2. The van der Waals surface area contributed by atoms with Crippen LogP contribution in [0.4, 0.5) is 4.79 Å². The third-order valence-electron chi connectivity index (χ3n) is 2.73. The van der Waals surface area contributed by atoms with Gasteiger partial charge in [-0.25, -0.2) is 14.0 Å². The summed E-state index contributed by atoms with van der Waals surface area (Å²) in [5.74, 6) is -0.824. The molecule has 2 amide bonds. The second-order valence-corrected chi connectivity index (χ2v) is 5.70.